The molecule has 4 nitrogen and oxygen atoms in total. The van der Waals surface area contributed by atoms with E-state index < -0.39 is 0 Å². The fraction of sp³-hybridized carbons (Fsp3) is 0.0909. The summed E-state index contributed by atoms with van der Waals surface area (Å²) in [6.45, 7) is 0. The number of halogens is 1. The van der Waals surface area contributed by atoms with Crippen molar-refractivity contribution in [1.29, 1.82) is 0 Å². The van der Waals surface area contributed by atoms with Crippen LogP contribution in [0.2, 0.25) is 5.15 Å². The van der Waals surface area contributed by atoms with Gasteiger partial charge in [0.2, 0.25) is 0 Å². The third-order valence-electron chi connectivity index (χ3n) is 2.20. The number of nitrogens with zero attached hydrogens (tertiary/aromatic N) is 2. The van der Waals surface area contributed by atoms with E-state index >= 15 is 0 Å². The molecule has 0 fully saturated rings. The SMILES string of the molecule is COc1ccc(-c2ncnc(Cl)c2N)cc1. The van der Waals surface area contributed by atoms with Crippen LogP contribution >= 0.6 is 11.6 Å². The summed E-state index contributed by atoms with van der Waals surface area (Å²) in [6.07, 6.45) is 1.39. The highest BCUT2D eigenvalue weighted by molar-refractivity contribution is 6.32. The van der Waals surface area contributed by atoms with Crippen molar-refractivity contribution in [3.8, 4) is 17.0 Å². The van der Waals surface area contributed by atoms with E-state index in [0.717, 1.165) is 11.3 Å². The largest absolute Gasteiger partial charge is 0.497 e. The first kappa shape index (κ1) is 10.7. The van der Waals surface area contributed by atoms with Gasteiger partial charge in [-0.2, -0.15) is 0 Å². The van der Waals surface area contributed by atoms with E-state index in [4.69, 9.17) is 22.1 Å². The van der Waals surface area contributed by atoms with Crippen LogP contribution in [0.15, 0.2) is 30.6 Å². The number of aromatic nitrogens is 2. The fourth-order valence-electron chi connectivity index (χ4n) is 1.35. The Morgan fingerprint density at radius 1 is 1.19 bits per heavy atom. The molecule has 0 atom stereocenters. The Morgan fingerprint density at radius 2 is 1.88 bits per heavy atom. The standard InChI is InChI=1S/C11H10ClN3O/c1-16-8-4-2-7(3-5-8)10-9(13)11(12)15-6-14-10/h2-6H,13H2,1H3. The van der Waals surface area contributed by atoms with E-state index in [1.165, 1.54) is 6.33 Å². The molecule has 0 unspecified atom stereocenters. The maximum atomic E-state index is 5.82. The van der Waals surface area contributed by atoms with E-state index in [9.17, 15) is 0 Å². The quantitative estimate of drug-likeness (QED) is 0.812. The van der Waals surface area contributed by atoms with E-state index in [-0.39, 0.29) is 5.15 Å². The number of hydrogen-bond acceptors (Lipinski definition) is 4. The molecule has 2 aromatic rings. The Hall–Kier alpha value is -1.81. The number of hydrogen-bond donors (Lipinski definition) is 1. The van der Waals surface area contributed by atoms with Gasteiger partial charge in [-0.15, -0.1) is 0 Å². The molecule has 1 heterocycles. The van der Waals surface area contributed by atoms with Gasteiger partial charge in [-0.3, -0.25) is 0 Å². The molecule has 0 radical (unpaired) electrons. The van der Waals surface area contributed by atoms with Crippen molar-refractivity contribution in [2.24, 2.45) is 0 Å². The Kier molecular flexibility index (Phi) is 2.92. The van der Waals surface area contributed by atoms with Gasteiger partial charge in [0.1, 0.15) is 12.1 Å². The summed E-state index contributed by atoms with van der Waals surface area (Å²) < 4.78 is 5.07. The van der Waals surface area contributed by atoms with Crippen LogP contribution < -0.4 is 10.5 Å². The van der Waals surface area contributed by atoms with Gasteiger partial charge in [-0.25, -0.2) is 9.97 Å². The maximum Gasteiger partial charge on any atom is 0.155 e. The highest BCUT2D eigenvalue weighted by atomic mass is 35.5. The molecule has 1 aromatic heterocycles. The lowest BCUT2D eigenvalue weighted by Crippen LogP contribution is -1.96. The molecule has 2 N–H and O–H groups in total. The number of methoxy groups -OCH3 is 1. The summed E-state index contributed by atoms with van der Waals surface area (Å²) in [5.74, 6) is 0.780. The van der Waals surface area contributed by atoms with Crippen LogP contribution in [0.3, 0.4) is 0 Å². The second-order valence-electron chi connectivity index (χ2n) is 3.16. The number of nitrogens with two attached hydrogens (primary N) is 1. The zero-order chi connectivity index (χ0) is 11.5. The average Bonchev–Trinajstić information content (AvgIpc) is 2.33. The Morgan fingerprint density at radius 3 is 2.50 bits per heavy atom. The van der Waals surface area contributed by atoms with Crippen molar-refractivity contribution < 1.29 is 4.74 Å². The van der Waals surface area contributed by atoms with Gasteiger partial charge < -0.3 is 10.5 Å². The minimum Gasteiger partial charge on any atom is -0.497 e. The molecule has 0 saturated carbocycles. The minimum absolute atomic E-state index is 0.265. The lowest BCUT2D eigenvalue weighted by molar-refractivity contribution is 0.415. The van der Waals surface area contributed by atoms with Gasteiger partial charge in [-0.05, 0) is 24.3 Å². The van der Waals surface area contributed by atoms with Crippen LogP contribution in [0.1, 0.15) is 0 Å². The molecule has 0 aliphatic carbocycles. The van der Waals surface area contributed by atoms with E-state index in [1.807, 2.05) is 24.3 Å². The van der Waals surface area contributed by atoms with Gasteiger partial charge in [0.15, 0.2) is 5.15 Å². The Labute approximate surface area is 98.0 Å². The van der Waals surface area contributed by atoms with Crippen LogP contribution in [0.25, 0.3) is 11.3 Å². The highest BCUT2D eigenvalue weighted by Crippen LogP contribution is 2.28. The molecule has 1 aromatic carbocycles. The third kappa shape index (κ3) is 1.92. The molecule has 0 aliphatic heterocycles. The van der Waals surface area contributed by atoms with Crippen LogP contribution in [-0.2, 0) is 0 Å². The van der Waals surface area contributed by atoms with Crippen molar-refractivity contribution >= 4 is 17.3 Å². The van der Waals surface area contributed by atoms with Crippen molar-refractivity contribution in [2.45, 2.75) is 0 Å². The first-order valence-corrected chi connectivity index (χ1v) is 5.00. The molecule has 5 heteroatoms. The summed E-state index contributed by atoms with van der Waals surface area (Å²) in [7, 11) is 1.62. The average molecular weight is 236 g/mol. The van der Waals surface area contributed by atoms with Crippen molar-refractivity contribution in [2.75, 3.05) is 12.8 Å². The van der Waals surface area contributed by atoms with Gasteiger partial charge in [0.05, 0.1) is 18.5 Å². The van der Waals surface area contributed by atoms with Gasteiger partial charge in [0.25, 0.3) is 0 Å². The number of rotatable bonds is 2. The predicted octanol–water partition coefficient (Wildman–Crippen LogP) is 2.39. The van der Waals surface area contributed by atoms with Gasteiger partial charge in [0, 0.05) is 5.56 Å². The summed E-state index contributed by atoms with van der Waals surface area (Å²) >= 11 is 5.82. The van der Waals surface area contributed by atoms with E-state index in [2.05, 4.69) is 9.97 Å². The van der Waals surface area contributed by atoms with Crippen LogP contribution in [0.5, 0.6) is 5.75 Å². The maximum absolute atomic E-state index is 5.82. The number of nitrogen functional groups attached to an aromatic ring is 1. The third-order valence-corrected chi connectivity index (χ3v) is 2.50. The van der Waals surface area contributed by atoms with Crippen molar-refractivity contribution in [1.82, 2.24) is 9.97 Å². The first-order valence-electron chi connectivity index (χ1n) is 4.63. The summed E-state index contributed by atoms with van der Waals surface area (Å²) in [5.41, 5.74) is 7.69. The smallest absolute Gasteiger partial charge is 0.155 e. The number of ether oxygens (including phenoxy) is 1. The van der Waals surface area contributed by atoms with Crippen LogP contribution in [-0.4, -0.2) is 17.1 Å². The predicted molar refractivity (Wildman–Crippen MR) is 63.4 cm³/mol. The van der Waals surface area contributed by atoms with E-state index in [1.54, 1.807) is 7.11 Å². The van der Waals surface area contributed by atoms with Crippen molar-refractivity contribution in [3.63, 3.8) is 0 Å². The molecule has 82 valence electrons. The normalized spacial score (nSPS) is 10.1. The Balaban J connectivity index is 2.46. The van der Waals surface area contributed by atoms with E-state index in [0.29, 0.717) is 11.4 Å². The fourth-order valence-corrected chi connectivity index (χ4v) is 1.49. The molecule has 0 saturated heterocycles. The van der Waals surface area contributed by atoms with Crippen LogP contribution in [0, 0.1) is 0 Å². The lowest BCUT2D eigenvalue weighted by Gasteiger charge is -2.06. The molecule has 2 rings (SSSR count). The summed E-state index contributed by atoms with van der Waals surface area (Å²) in [5, 5.41) is 0.265. The lowest BCUT2D eigenvalue weighted by atomic mass is 10.1. The summed E-state index contributed by atoms with van der Waals surface area (Å²) in [4.78, 5) is 7.91. The monoisotopic (exact) mass is 235 g/mol. The number of benzene rings is 1. The molecule has 0 aliphatic rings. The molecular weight excluding hydrogens is 226 g/mol. The van der Waals surface area contributed by atoms with Gasteiger partial charge >= 0.3 is 0 Å². The van der Waals surface area contributed by atoms with Gasteiger partial charge in [-0.1, -0.05) is 11.6 Å². The molecule has 0 amide bonds. The zero-order valence-corrected chi connectivity index (χ0v) is 9.40. The second-order valence-corrected chi connectivity index (χ2v) is 3.51. The summed E-state index contributed by atoms with van der Waals surface area (Å²) in [6, 6.07) is 7.41. The van der Waals surface area contributed by atoms with Crippen LogP contribution in [0.4, 0.5) is 5.69 Å². The molecule has 0 spiro atoms. The first-order chi connectivity index (χ1) is 7.72. The molecule has 16 heavy (non-hydrogen) atoms. The zero-order valence-electron chi connectivity index (χ0n) is 8.64. The Bertz CT molecular complexity index is 499. The topological polar surface area (TPSA) is 61.0 Å². The highest BCUT2D eigenvalue weighted by Gasteiger charge is 2.08. The molecular formula is C11H10ClN3O. The van der Waals surface area contributed by atoms with Crippen molar-refractivity contribution in [3.05, 3.63) is 35.7 Å². The minimum atomic E-state index is 0.265. The molecule has 0 bridgehead atoms. The second kappa shape index (κ2) is 4.37. The number of anilines is 1.